The average molecular weight is 244 g/mol. The van der Waals surface area contributed by atoms with Crippen LogP contribution in [0, 0.1) is 17.8 Å². The highest BCUT2D eigenvalue weighted by Crippen LogP contribution is 2.63. The Morgan fingerprint density at radius 2 is 1.89 bits per heavy atom. The maximum absolute atomic E-state index is 4.53. The van der Waals surface area contributed by atoms with Crippen LogP contribution in [0.25, 0.3) is 5.65 Å². The van der Waals surface area contributed by atoms with Crippen LogP contribution >= 0.6 is 0 Å². The molecule has 4 heteroatoms. The molecule has 0 bridgehead atoms. The van der Waals surface area contributed by atoms with Gasteiger partial charge in [-0.05, 0) is 35.4 Å². The molecular weight excluding hydrogens is 224 g/mol. The first-order valence-electron chi connectivity index (χ1n) is 6.42. The number of pyridine rings is 1. The van der Waals surface area contributed by atoms with Crippen molar-refractivity contribution in [1.29, 1.82) is 0 Å². The Morgan fingerprint density at radius 3 is 2.50 bits per heavy atom. The lowest BCUT2D eigenvalue weighted by molar-refractivity contribution is 0.457. The minimum absolute atomic E-state index is 0.292. The van der Waals surface area contributed by atoms with Crippen molar-refractivity contribution in [3.8, 4) is 0 Å². The quantitative estimate of drug-likeness (QED) is 0.883. The van der Waals surface area contributed by atoms with Gasteiger partial charge in [0.25, 0.3) is 0 Å². The predicted molar refractivity (Wildman–Crippen MR) is 72.7 cm³/mol. The molecule has 0 atom stereocenters. The number of rotatable bonds is 2. The van der Waals surface area contributed by atoms with Crippen molar-refractivity contribution in [2.45, 2.75) is 40.7 Å². The van der Waals surface area contributed by atoms with Gasteiger partial charge in [-0.2, -0.15) is 4.98 Å². The number of aryl methyl sites for hydroxylation is 1. The summed E-state index contributed by atoms with van der Waals surface area (Å²) in [5.74, 6) is 0.726. The van der Waals surface area contributed by atoms with E-state index in [1.54, 1.807) is 0 Å². The lowest BCUT2D eigenvalue weighted by Crippen LogP contribution is -2.11. The first-order chi connectivity index (χ1) is 8.32. The third kappa shape index (κ3) is 1.44. The summed E-state index contributed by atoms with van der Waals surface area (Å²) in [5, 5.41) is 7.92. The molecule has 0 radical (unpaired) electrons. The van der Waals surface area contributed by atoms with Crippen LogP contribution in [0.4, 0.5) is 5.95 Å². The van der Waals surface area contributed by atoms with Crippen molar-refractivity contribution in [3.05, 3.63) is 23.9 Å². The highest BCUT2D eigenvalue weighted by Gasteiger charge is 2.65. The maximum atomic E-state index is 4.53. The highest BCUT2D eigenvalue weighted by molar-refractivity contribution is 5.47. The Hall–Kier alpha value is -1.58. The lowest BCUT2D eigenvalue weighted by Gasteiger charge is -2.02. The standard InChI is InChI=1S/C14H20N4/c1-9-6-7-18-10(8-9)15-12(17-18)16-11-13(2,3)14(11,4)5/h6-8,11H,1-5H3,(H,16,17). The van der Waals surface area contributed by atoms with Gasteiger partial charge in [0.1, 0.15) is 0 Å². The largest absolute Gasteiger partial charge is 0.349 e. The molecule has 2 aromatic rings. The van der Waals surface area contributed by atoms with E-state index in [0.29, 0.717) is 16.9 Å². The molecule has 18 heavy (non-hydrogen) atoms. The summed E-state index contributed by atoms with van der Waals surface area (Å²) in [5.41, 5.74) is 2.68. The van der Waals surface area contributed by atoms with E-state index in [1.165, 1.54) is 5.56 Å². The molecule has 2 heterocycles. The second kappa shape index (κ2) is 3.25. The fraction of sp³-hybridized carbons (Fsp3) is 0.571. The lowest BCUT2D eigenvalue weighted by atomic mass is 10.0. The van der Waals surface area contributed by atoms with E-state index in [9.17, 15) is 0 Å². The monoisotopic (exact) mass is 244 g/mol. The SMILES string of the molecule is Cc1ccn2nc(NC3C(C)(C)C3(C)C)nc2c1. The summed E-state index contributed by atoms with van der Waals surface area (Å²) < 4.78 is 1.82. The van der Waals surface area contributed by atoms with E-state index in [-0.39, 0.29) is 0 Å². The number of nitrogens with one attached hydrogen (secondary N) is 1. The number of hydrogen-bond donors (Lipinski definition) is 1. The Bertz CT molecular complexity index is 595. The number of anilines is 1. The first-order valence-corrected chi connectivity index (χ1v) is 6.42. The molecule has 0 aromatic carbocycles. The van der Waals surface area contributed by atoms with Gasteiger partial charge in [0, 0.05) is 12.2 Å². The van der Waals surface area contributed by atoms with Gasteiger partial charge in [0.05, 0.1) is 0 Å². The molecule has 0 amide bonds. The van der Waals surface area contributed by atoms with E-state index < -0.39 is 0 Å². The molecule has 0 unspecified atom stereocenters. The summed E-state index contributed by atoms with van der Waals surface area (Å²) in [6, 6.07) is 4.51. The fourth-order valence-electron chi connectivity index (χ4n) is 2.73. The van der Waals surface area contributed by atoms with E-state index in [1.807, 2.05) is 22.8 Å². The van der Waals surface area contributed by atoms with Gasteiger partial charge in [-0.15, -0.1) is 5.10 Å². The Balaban J connectivity index is 1.89. The zero-order chi connectivity index (χ0) is 13.1. The zero-order valence-corrected chi connectivity index (χ0v) is 11.7. The fourth-order valence-corrected chi connectivity index (χ4v) is 2.73. The summed E-state index contributed by atoms with van der Waals surface area (Å²) in [4.78, 5) is 4.53. The second-order valence-corrected chi connectivity index (χ2v) is 6.46. The van der Waals surface area contributed by atoms with Gasteiger partial charge in [0.2, 0.25) is 5.95 Å². The van der Waals surface area contributed by atoms with Crippen LogP contribution in [0.15, 0.2) is 18.3 Å². The summed E-state index contributed by atoms with van der Waals surface area (Å²) >= 11 is 0. The molecule has 1 aliphatic carbocycles. The van der Waals surface area contributed by atoms with Gasteiger partial charge in [-0.1, -0.05) is 27.7 Å². The average Bonchev–Trinajstić information content (AvgIpc) is 2.64. The topological polar surface area (TPSA) is 42.2 Å². The van der Waals surface area contributed by atoms with E-state index in [4.69, 9.17) is 0 Å². The highest BCUT2D eigenvalue weighted by atomic mass is 15.4. The van der Waals surface area contributed by atoms with Crippen molar-refractivity contribution >= 4 is 11.6 Å². The summed E-state index contributed by atoms with van der Waals surface area (Å²) in [6.07, 6.45) is 1.95. The predicted octanol–water partition coefficient (Wildman–Crippen LogP) is 2.88. The van der Waals surface area contributed by atoms with Gasteiger partial charge in [0.15, 0.2) is 5.65 Å². The Kier molecular flexibility index (Phi) is 2.08. The molecule has 4 nitrogen and oxygen atoms in total. The maximum Gasteiger partial charge on any atom is 0.243 e. The van der Waals surface area contributed by atoms with Crippen LogP contribution in [-0.2, 0) is 0 Å². The smallest absolute Gasteiger partial charge is 0.243 e. The molecule has 1 fully saturated rings. The molecule has 2 aromatic heterocycles. The van der Waals surface area contributed by atoms with Crippen LogP contribution < -0.4 is 5.32 Å². The normalized spacial score (nSPS) is 21.2. The molecule has 96 valence electrons. The van der Waals surface area contributed by atoms with Gasteiger partial charge in [-0.3, -0.25) is 0 Å². The Labute approximate surface area is 107 Å². The minimum Gasteiger partial charge on any atom is -0.349 e. The minimum atomic E-state index is 0.292. The van der Waals surface area contributed by atoms with Gasteiger partial charge < -0.3 is 5.32 Å². The summed E-state index contributed by atoms with van der Waals surface area (Å²) in [6.45, 7) is 11.2. The molecule has 0 saturated heterocycles. The van der Waals surface area contributed by atoms with Gasteiger partial charge >= 0.3 is 0 Å². The molecular formula is C14H20N4. The van der Waals surface area contributed by atoms with E-state index in [2.05, 4.69) is 50.0 Å². The van der Waals surface area contributed by atoms with Crippen LogP contribution in [0.5, 0.6) is 0 Å². The number of fused-ring (bicyclic) bond motifs is 1. The third-order valence-corrected chi connectivity index (χ3v) is 4.79. The van der Waals surface area contributed by atoms with Crippen molar-refractivity contribution in [1.82, 2.24) is 14.6 Å². The first kappa shape index (κ1) is 11.5. The van der Waals surface area contributed by atoms with Crippen LogP contribution in [0.2, 0.25) is 0 Å². The number of hydrogen-bond acceptors (Lipinski definition) is 3. The number of nitrogens with zero attached hydrogens (tertiary/aromatic N) is 3. The number of aromatic nitrogens is 3. The summed E-state index contributed by atoms with van der Waals surface area (Å²) in [7, 11) is 0. The molecule has 1 N–H and O–H groups in total. The van der Waals surface area contributed by atoms with Crippen molar-refractivity contribution in [3.63, 3.8) is 0 Å². The van der Waals surface area contributed by atoms with E-state index in [0.717, 1.165) is 11.6 Å². The van der Waals surface area contributed by atoms with Crippen molar-refractivity contribution in [2.75, 3.05) is 5.32 Å². The molecule has 3 rings (SSSR count). The van der Waals surface area contributed by atoms with Gasteiger partial charge in [-0.25, -0.2) is 4.52 Å². The molecule has 0 spiro atoms. The second-order valence-electron chi connectivity index (χ2n) is 6.46. The van der Waals surface area contributed by atoms with Crippen LogP contribution in [0.3, 0.4) is 0 Å². The van der Waals surface area contributed by atoms with Crippen LogP contribution in [-0.4, -0.2) is 20.6 Å². The third-order valence-electron chi connectivity index (χ3n) is 4.79. The van der Waals surface area contributed by atoms with E-state index >= 15 is 0 Å². The Morgan fingerprint density at radius 1 is 1.22 bits per heavy atom. The molecule has 1 aliphatic rings. The molecule has 0 aliphatic heterocycles. The molecule has 1 saturated carbocycles. The zero-order valence-electron chi connectivity index (χ0n) is 11.7. The van der Waals surface area contributed by atoms with Crippen molar-refractivity contribution < 1.29 is 0 Å². The van der Waals surface area contributed by atoms with Crippen LogP contribution in [0.1, 0.15) is 33.3 Å². The van der Waals surface area contributed by atoms with Crippen molar-refractivity contribution in [2.24, 2.45) is 10.8 Å².